The maximum atomic E-state index is 13.0. The van der Waals surface area contributed by atoms with Crippen molar-refractivity contribution in [2.45, 2.75) is 13.5 Å². The zero-order valence-electron chi connectivity index (χ0n) is 17.5. The molecular formula is C25H18FN3O4. The fourth-order valence-electron chi connectivity index (χ4n) is 2.96. The Labute approximate surface area is 189 Å². The molecule has 2 heterocycles. The van der Waals surface area contributed by atoms with E-state index < -0.39 is 5.91 Å². The maximum Gasteiger partial charge on any atom is 0.291 e. The van der Waals surface area contributed by atoms with Crippen LogP contribution in [0.4, 0.5) is 10.1 Å². The van der Waals surface area contributed by atoms with Gasteiger partial charge in [0.2, 0.25) is 5.88 Å². The van der Waals surface area contributed by atoms with Crippen LogP contribution in [0.1, 0.15) is 27.4 Å². The molecule has 2 aromatic heterocycles. The first-order valence-electron chi connectivity index (χ1n) is 9.94. The van der Waals surface area contributed by atoms with Gasteiger partial charge in [-0.3, -0.25) is 4.79 Å². The molecule has 0 unspecified atom stereocenters. The number of ether oxygens (including phenoxy) is 2. The van der Waals surface area contributed by atoms with Crippen molar-refractivity contribution < 1.29 is 23.1 Å². The zero-order valence-corrected chi connectivity index (χ0v) is 17.5. The molecule has 33 heavy (non-hydrogen) atoms. The molecule has 2 aromatic carbocycles. The van der Waals surface area contributed by atoms with E-state index in [1.807, 2.05) is 13.0 Å². The van der Waals surface area contributed by atoms with Crippen molar-refractivity contribution >= 4 is 11.6 Å². The van der Waals surface area contributed by atoms with Gasteiger partial charge in [0.1, 0.15) is 41.3 Å². The van der Waals surface area contributed by atoms with Crippen LogP contribution in [0.25, 0.3) is 0 Å². The molecule has 0 saturated carbocycles. The Bertz CT molecular complexity index is 1330. The molecule has 8 heteroatoms. The lowest BCUT2D eigenvalue weighted by molar-refractivity contribution is 0.0992. The number of hydrogen-bond acceptors (Lipinski definition) is 6. The molecule has 0 saturated heterocycles. The van der Waals surface area contributed by atoms with Crippen LogP contribution in [0, 0.1) is 24.1 Å². The van der Waals surface area contributed by atoms with Crippen LogP contribution in [0.2, 0.25) is 0 Å². The van der Waals surface area contributed by atoms with Crippen molar-refractivity contribution in [3.8, 4) is 23.4 Å². The van der Waals surface area contributed by atoms with Gasteiger partial charge in [-0.1, -0.05) is 0 Å². The van der Waals surface area contributed by atoms with Gasteiger partial charge >= 0.3 is 0 Å². The van der Waals surface area contributed by atoms with Crippen molar-refractivity contribution in [2.24, 2.45) is 0 Å². The molecule has 0 radical (unpaired) electrons. The Morgan fingerprint density at radius 2 is 1.91 bits per heavy atom. The number of amides is 1. The van der Waals surface area contributed by atoms with Crippen LogP contribution in [0.3, 0.4) is 0 Å². The summed E-state index contributed by atoms with van der Waals surface area (Å²) in [5, 5.41) is 12.0. The van der Waals surface area contributed by atoms with Gasteiger partial charge in [0, 0.05) is 11.9 Å². The van der Waals surface area contributed by atoms with E-state index in [1.165, 1.54) is 24.3 Å². The van der Waals surface area contributed by atoms with Crippen LogP contribution in [-0.2, 0) is 6.61 Å². The molecular weight excluding hydrogens is 425 g/mol. The molecule has 0 aliphatic rings. The molecule has 1 N–H and O–H groups in total. The van der Waals surface area contributed by atoms with Crippen molar-refractivity contribution in [2.75, 3.05) is 5.32 Å². The molecule has 7 nitrogen and oxygen atoms in total. The van der Waals surface area contributed by atoms with Gasteiger partial charge < -0.3 is 19.2 Å². The summed E-state index contributed by atoms with van der Waals surface area (Å²) in [6.07, 6.45) is 1.54. The van der Waals surface area contributed by atoms with Crippen molar-refractivity contribution in [1.82, 2.24) is 4.98 Å². The molecule has 0 fully saturated rings. The number of rotatable bonds is 7. The minimum Gasteiger partial charge on any atom is -0.486 e. The lowest BCUT2D eigenvalue weighted by Crippen LogP contribution is -2.12. The largest absolute Gasteiger partial charge is 0.486 e. The highest BCUT2D eigenvalue weighted by Gasteiger charge is 2.14. The number of anilines is 1. The Balaban J connectivity index is 1.38. The summed E-state index contributed by atoms with van der Waals surface area (Å²) in [4.78, 5) is 16.7. The Hall–Kier alpha value is -4.64. The average Bonchev–Trinajstić information content (AvgIpc) is 3.30. The fourth-order valence-corrected chi connectivity index (χ4v) is 2.96. The van der Waals surface area contributed by atoms with Gasteiger partial charge in [-0.25, -0.2) is 9.37 Å². The monoisotopic (exact) mass is 443 g/mol. The van der Waals surface area contributed by atoms with Crippen LogP contribution in [-0.4, -0.2) is 10.9 Å². The number of nitrogens with zero attached hydrogens (tertiary/aromatic N) is 2. The molecule has 1 amide bonds. The number of nitrogens with one attached hydrogen (secondary N) is 1. The number of pyridine rings is 1. The lowest BCUT2D eigenvalue weighted by Gasteiger charge is -2.10. The van der Waals surface area contributed by atoms with Gasteiger partial charge in [0.15, 0.2) is 5.76 Å². The Morgan fingerprint density at radius 3 is 2.67 bits per heavy atom. The minimum absolute atomic E-state index is 0.0994. The average molecular weight is 443 g/mol. The quantitative estimate of drug-likeness (QED) is 0.398. The van der Waals surface area contributed by atoms with Gasteiger partial charge in [-0.15, -0.1) is 0 Å². The summed E-state index contributed by atoms with van der Waals surface area (Å²) >= 11 is 0. The van der Waals surface area contributed by atoms with E-state index in [0.29, 0.717) is 28.5 Å². The molecule has 0 bridgehead atoms. The summed E-state index contributed by atoms with van der Waals surface area (Å²) in [5.74, 6) is 0.993. The molecule has 4 rings (SSSR count). The smallest absolute Gasteiger partial charge is 0.291 e. The summed E-state index contributed by atoms with van der Waals surface area (Å²) in [7, 11) is 0. The second-order valence-electron chi connectivity index (χ2n) is 7.01. The highest BCUT2D eigenvalue weighted by molar-refractivity contribution is 6.02. The number of aromatic nitrogens is 1. The first kappa shape index (κ1) is 21.6. The highest BCUT2D eigenvalue weighted by Crippen LogP contribution is 2.27. The second-order valence-corrected chi connectivity index (χ2v) is 7.01. The highest BCUT2D eigenvalue weighted by atomic mass is 19.1. The van der Waals surface area contributed by atoms with Crippen LogP contribution < -0.4 is 14.8 Å². The standard InChI is InChI=1S/C25H18FN3O4/c1-16-13-20(33-25-17(14-27)3-2-12-28-25)8-10-22(16)29-24(30)23-11-9-21(32-23)15-31-19-6-4-18(26)5-7-19/h2-13H,15H2,1H3,(H,29,30). The SMILES string of the molecule is Cc1cc(Oc2ncccc2C#N)ccc1NC(=O)c1ccc(COc2ccc(F)cc2)o1. The molecule has 0 aliphatic carbocycles. The van der Waals surface area contributed by atoms with E-state index >= 15 is 0 Å². The van der Waals surface area contributed by atoms with Gasteiger partial charge in [-0.2, -0.15) is 5.26 Å². The van der Waals surface area contributed by atoms with Crippen LogP contribution in [0.15, 0.2) is 77.3 Å². The zero-order chi connectivity index (χ0) is 23.2. The van der Waals surface area contributed by atoms with E-state index in [9.17, 15) is 9.18 Å². The maximum absolute atomic E-state index is 13.0. The number of furan rings is 1. The summed E-state index contributed by atoms with van der Waals surface area (Å²) in [5.41, 5.74) is 1.65. The molecule has 0 spiro atoms. The minimum atomic E-state index is -0.420. The predicted molar refractivity (Wildman–Crippen MR) is 118 cm³/mol. The number of carbonyl (C=O) groups is 1. The molecule has 0 atom stereocenters. The third kappa shape index (κ3) is 5.35. The van der Waals surface area contributed by atoms with E-state index in [-0.39, 0.29) is 24.1 Å². The molecule has 4 aromatic rings. The molecule has 0 aliphatic heterocycles. The van der Waals surface area contributed by atoms with E-state index in [0.717, 1.165) is 5.56 Å². The summed E-state index contributed by atoms with van der Waals surface area (Å²) in [6, 6.07) is 19.2. The van der Waals surface area contributed by atoms with E-state index in [4.69, 9.17) is 19.2 Å². The number of halogens is 1. The fraction of sp³-hybridized carbons (Fsp3) is 0.0800. The van der Waals surface area contributed by atoms with Gasteiger partial charge in [0.25, 0.3) is 5.91 Å². The second kappa shape index (κ2) is 9.66. The third-order valence-electron chi connectivity index (χ3n) is 4.63. The lowest BCUT2D eigenvalue weighted by atomic mass is 10.2. The van der Waals surface area contributed by atoms with E-state index in [2.05, 4.69) is 10.3 Å². The first-order chi connectivity index (χ1) is 16.0. The number of benzene rings is 2. The van der Waals surface area contributed by atoms with Crippen molar-refractivity contribution in [3.05, 3.63) is 101 Å². The Kier molecular flexibility index (Phi) is 6.32. The summed E-state index contributed by atoms with van der Waals surface area (Å²) in [6.45, 7) is 1.92. The topological polar surface area (TPSA) is 97.4 Å². The van der Waals surface area contributed by atoms with E-state index in [1.54, 1.807) is 48.7 Å². The van der Waals surface area contributed by atoms with Crippen LogP contribution >= 0.6 is 0 Å². The van der Waals surface area contributed by atoms with Gasteiger partial charge in [0.05, 0.1) is 0 Å². The summed E-state index contributed by atoms with van der Waals surface area (Å²) < 4.78 is 29.7. The third-order valence-corrected chi connectivity index (χ3v) is 4.63. The normalized spacial score (nSPS) is 10.3. The Morgan fingerprint density at radius 1 is 1.12 bits per heavy atom. The number of carbonyl (C=O) groups excluding carboxylic acids is 1. The van der Waals surface area contributed by atoms with Crippen molar-refractivity contribution in [3.63, 3.8) is 0 Å². The molecule has 164 valence electrons. The van der Waals surface area contributed by atoms with Crippen molar-refractivity contribution in [1.29, 1.82) is 5.26 Å². The first-order valence-corrected chi connectivity index (χ1v) is 9.94. The number of hydrogen-bond donors (Lipinski definition) is 1. The van der Waals surface area contributed by atoms with Crippen LogP contribution in [0.5, 0.6) is 17.4 Å². The predicted octanol–water partition coefficient (Wildman–Crippen LogP) is 5.62. The number of aryl methyl sites for hydroxylation is 1. The number of nitriles is 1. The van der Waals surface area contributed by atoms with Gasteiger partial charge in [-0.05, 0) is 79.2 Å².